The number of rotatable bonds is 3. The minimum Gasteiger partial charge on any atom is -0.384 e. The second-order valence-electron chi connectivity index (χ2n) is 8.07. The Morgan fingerprint density at radius 3 is 2.25 bits per heavy atom. The monoisotopic (exact) mass is 421 g/mol. The summed E-state index contributed by atoms with van der Waals surface area (Å²) in [6.45, 7) is 6.08. The van der Waals surface area contributed by atoms with E-state index in [0.717, 1.165) is 27.9 Å². The maximum absolute atomic E-state index is 13.4. The van der Waals surface area contributed by atoms with Gasteiger partial charge in [-0.25, -0.2) is 9.97 Å². The van der Waals surface area contributed by atoms with Crippen molar-refractivity contribution in [3.05, 3.63) is 89.0 Å². The van der Waals surface area contributed by atoms with Crippen molar-refractivity contribution in [3.63, 3.8) is 0 Å². The van der Waals surface area contributed by atoms with Crippen LogP contribution in [0.2, 0.25) is 0 Å². The summed E-state index contributed by atoms with van der Waals surface area (Å²) in [5, 5.41) is 2.98. The van der Waals surface area contributed by atoms with E-state index in [0.29, 0.717) is 33.7 Å². The minimum atomic E-state index is -0.314. The molecular formula is C26H23N5O. The number of carbonyl (C=O) groups excluding carboxylic acids is 1. The summed E-state index contributed by atoms with van der Waals surface area (Å²) in [6.07, 6.45) is 0. The first kappa shape index (κ1) is 19.8. The molecule has 0 aliphatic heterocycles. The summed E-state index contributed by atoms with van der Waals surface area (Å²) in [7, 11) is 0. The molecule has 32 heavy (non-hydrogen) atoms. The summed E-state index contributed by atoms with van der Waals surface area (Å²) < 4.78 is 1.80. The van der Waals surface area contributed by atoms with E-state index in [1.54, 1.807) is 4.57 Å². The van der Waals surface area contributed by atoms with Crippen LogP contribution in [0.5, 0.6) is 0 Å². The van der Waals surface area contributed by atoms with Crippen molar-refractivity contribution in [1.82, 2.24) is 14.5 Å². The standard InChI is InChI=1S/C26H23N5O/c1-15-8-12-19(13-9-15)31-24(27)22(26(32)28-18-11-10-16(2)17(3)14-18)23-25(31)30-21-7-5-4-6-20(21)29-23/h4-14H,27H2,1-3H3,(H,28,32). The Kier molecular flexibility index (Phi) is 4.63. The number of nitrogens with one attached hydrogen (secondary N) is 1. The van der Waals surface area contributed by atoms with Gasteiger partial charge in [0, 0.05) is 11.4 Å². The predicted molar refractivity (Wildman–Crippen MR) is 129 cm³/mol. The number of hydrogen-bond donors (Lipinski definition) is 2. The number of aromatic nitrogens is 3. The zero-order valence-electron chi connectivity index (χ0n) is 18.2. The Morgan fingerprint density at radius 1 is 0.875 bits per heavy atom. The first-order valence-electron chi connectivity index (χ1n) is 10.4. The van der Waals surface area contributed by atoms with E-state index in [1.807, 2.05) is 87.5 Å². The van der Waals surface area contributed by atoms with Gasteiger partial charge in [-0.2, -0.15) is 0 Å². The van der Waals surface area contributed by atoms with Crippen LogP contribution in [-0.4, -0.2) is 20.4 Å². The van der Waals surface area contributed by atoms with Gasteiger partial charge in [0.2, 0.25) is 0 Å². The lowest BCUT2D eigenvalue weighted by Gasteiger charge is -2.09. The Hall–Kier alpha value is -4.19. The molecule has 0 bridgehead atoms. The van der Waals surface area contributed by atoms with Crippen LogP contribution in [0.3, 0.4) is 0 Å². The van der Waals surface area contributed by atoms with E-state index >= 15 is 0 Å². The van der Waals surface area contributed by atoms with Crippen LogP contribution in [0.1, 0.15) is 27.0 Å². The van der Waals surface area contributed by atoms with Crippen molar-refractivity contribution in [3.8, 4) is 5.69 Å². The fourth-order valence-corrected chi connectivity index (χ4v) is 3.85. The highest BCUT2D eigenvalue weighted by atomic mass is 16.1. The first-order chi connectivity index (χ1) is 15.4. The largest absolute Gasteiger partial charge is 0.384 e. The molecule has 3 aromatic carbocycles. The molecule has 5 rings (SSSR count). The summed E-state index contributed by atoms with van der Waals surface area (Å²) in [6, 6.07) is 21.4. The van der Waals surface area contributed by atoms with Gasteiger partial charge in [-0.15, -0.1) is 0 Å². The molecule has 2 heterocycles. The highest BCUT2D eigenvalue weighted by Crippen LogP contribution is 2.31. The van der Waals surface area contributed by atoms with E-state index < -0.39 is 0 Å². The summed E-state index contributed by atoms with van der Waals surface area (Å²) in [5.41, 5.74) is 14.3. The fraction of sp³-hybridized carbons (Fsp3) is 0.115. The van der Waals surface area contributed by atoms with E-state index in [1.165, 1.54) is 0 Å². The number of nitrogens with two attached hydrogens (primary N) is 1. The Morgan fingerprint density at radius 2 is 1.56 bits per heavy atom. The quantitative estimate of drug-likeness (QED) is 0.412. The number of fused-ring (bicyclic) bond motifs is 2. The Bertz CT molecular complexity index is 1500. The summed E-state index contributed by atoms with van der Waals surface area (Å²) >= 11 is 0. The van der Waals surface area contributed by atoms with Gasteiger partial charge in [0.25, 0.3) is 5.91 Å². The van der Waals surface area contributed by atoms with Crippen molar-refractivity contribution in [1.29, 1.82) is 0 Å². The number of carbonyl (C=O) groups is 1. The molecule has 5 aromatic rings. The van der Waals surface area contributed by atoms with Crippen LogP contribution in [0.25, 0.3) is 27.9 Å². The smallest absolute Gasteiger partial charge is 0.261 e. The van der Waals surface area contributed by atoms with Crippen LogP contribution < -0.4 is 11.1 Å². The van der Waals surface area contributed by atoms with E-state index in [4.69, 9.17) is 15.7 Å². The molecule has 158 valence electrons. The second-order valence-corrected chi connectivity index (χ2v) is 8.07. The lowest BCUT2D eigenvalue weighted by atomic mass is 10.1. The van der Waals surface area contributed by atoms with Gasteiger partial charge in [-0.1, -0.05) is 35.9 Å². The van der Waals surface area contributed by atoms with E-state index in [2.05, 4.69) is 5.32 Å². The van der Waals surface area contributed by atoms with Crippen molar-refractivity contribution in [2.45, 2.75) is 20.8 Å². The molecule has 0 fully saturated rings. The number of nitrogens with zero attached hydrogens (tertiary/aromatic N) is 3. The van der Waals surface area contributed by atoms with Crippen LogP contribution >= 0.6 is 0 Å². The Balaban J connectivity index is 1.73. The van der Waals surface area contributed by atoms with Gasteiger partial charge in [0.05, 0.1) is 11.0 Å². The van der Waals surface area contributed by atoms with Crippen LogP contribution in [0.4, 0.5) is 11.5 Å². The topological polar surface area (TPSA) is 85.8 Å². The average molecular weight is 422 g/mol. The number of amides is 1. The highest BCUT2D eigenvalue weighted by Gasteiger charge is 2.25. The second kappa shape index (κ2) is 7.50. The predicted octanol–water partition coefficient (Wildman–Crippen LogP) is 5.33. The maximum atomic E-state index is 13.4. The molecule has 0 aliphatic carbocycles. The third-order valence-electron chi connectivity index (χ3n) is 5.78. The van der Waals surface area contributed by atoms with Gasteiger partial charge in [0.1, 0.15) is 16.9 Å². The van der Waals surface area contributed by atoms with Gasteiger partial charge in [-0.3, -0.25) is 9.36 Å². The van der Waals surface area contributed by atoms with Crippen molar-refractivity contribution in [2.24, 2.45) is 0 Å². The molecule has 1 amide bonds. The average Bonchev–Trinajstić information content (AvgIpc) is 3.06. The van der Waals surface area contributed by atoms with E-state index in [9.17, 15) is 4.79 Å². The van der Waals surface area contributed by atoms with Crippen LogP contribution in [-0.2, 0) is 0 Å². The van der Waals surface area contributed by atoms with Crippen molar-refractivity contribution in [2.75, 3.05) is 11.1 Å². The number of anilines is 2. The minimum absolute atomic E-state index is 0.306. The highest BCUT2D eigenvalue weighted by molar-refractivity contribution is 6.16. The number of benzene rings is 3. The fourth-order valence-electron chi connectivity index (χ4n) is 3.85. The van der Waals surface area contributed by atoms with Gasteiger partial charge < -0.3 is 11.1 Å². The summed E-state index contributed by atoms with van der Waals surface area (Å²) in [5.74, 6) is -0.00770. The van der Waals surface area contributed by atoms with Gasteiger partial charge in [0.15, 0.2) is 5.65 Å². The van der Waals surface area contributed by atoms with E-state index in [-0.39, 0.29) is 5.91 Å². The first-order valence-corrected chi connectivity index (χ1v) is 10.4. The zero-order chi connectivity index (χ0) is 22.4. The molecule has 0 aliphatic rings. The summed E-state index contributed by atoms with van der Waals surface area (Å²) in [4.78, 5) is 23.0. The Labute approximate surface area is 185 Å². The molecule has 0 atom stereocenters. The lowest BCUT2D eigenvalue weighted by Crippen LogP contribution is -2.14. The lowest BCUT2D eigenvalue weighted by molar-refractivity contribution is 0.102. The number of hydrogen-bond acceptors (Lipinski definition) is 4. The van der Waals surface area contributed by atoms with Crippen molar-refractivity contribution < 1.29 is 4.79 Å². The van der Waals surface area contributed by atoms with Crippen LogP contribution in [0.15, 0.2) is 66.7 Å². The normalized spacial score (nSPS) is 11.2. The third kappa shape index (κ3) is 3.26. The molecule has 6 nitrogen and oxygen atoms in total. The molecule has 0 spiro atoms. The van der Waals surface area contributed by atoms with Crippen molar-refractivity contribution >= 4 is 39.6 Å². The van der Waals surface area contributed by atoms with Gasteiger partial charge >= 0.3 is 0 Å². The molecule has 0 saturated heterocycles. The maximum Gasteiger partial charge on any atom is 0.261 e. The zero-order valence-corrected chi connectivity index (χ0v) is 18.2. The molecule has 3 N–H and O–H groups in total. The van der Waals surface area contributed by atoms with Crippen LogP contribution in [0, 0.1) is 20.8 Å². The number of para-hydroxylation sites is 2. The molecule has 0 saturated carbocycles. The molecule has 0 radical (unpaired) electrons. The number of aryl methyl sites for hydroxylation is 3. The molecule has 2 aromatic heterocycles. The molecular weight excluding hydrogens is 398 g/mol. The SMILES string of the molecule is Cc1ccc(-n2c(N)c(C(=O)Nc3ccc(C)c(C)c3)c3nc4ccccc4nc32)cc1. The van der Waals surface area contributed by atoms with Gasteiger partial charge in [-0.05, 0) is 68.3 Å². The number of nitrogen functional groups attached to an aromatic ring is 1. The third-order valence-corrected chi connectivity index (χ3v) is 5.78. The molecule has 6 heteroatoms. The molecule has 0 unspecified atom stereocenters.